The molecular formula is C6H9BrO2. The lowest BCUT2D eigenvalue weighted by Gasteiger charge is -2.15. The maximum Gasteiger partial charge on any atom is 0.180 e. The van der Waals surface area contributed by atoms with E-state index < -0.39 is 4.51 Å². The predicted octanol–water partition coefficient (Wildman–Crippen LogP) is 1.48. The summed E-state index contributed by atoms with van der Waals surface area (Å²) in [6, 6.07) is 0. The molecular weight excluding hydrogens is 184 g/mol. The van der Waals surface area contributed by atoms with Crippen LogP contribution in [-0.4, -0.2) is 16.9 Å². The molecule has 1 heterocycles. The Kier molecular flexibility index (Phi) is 1.91. The van der Waals surface area contributed by atoms with E-state index in [2.05, 4.69) is 15.9 Å². The van der Waals surface area contributed by atoms with E-state index in [4.69, 9.17) is 4.74 Å². The van der Waals surface area contributed by atoms with E-state index in [1.54, 1.807) is 6.92 Å². The molecule has 0 spiro atoms. The smallest absolute Gasteiger partial charge is 0.180 e. The van der Waals surface area contributed by atoms with Crippen molar-refractivity contribution in [2.45, 2.75) is 24.3 Å². The standard InChI is InChI=1S/C6H9BrO2/c1-5(8)6(7)3-2-4-9-6/h2-4H2,1H3/t6-/m0/s1. The normalized spacial score (nSPS) is 34.9. The fraction of sp³-hybridized carbons (Fsp3) is 0.833. The van der Waals surface area contributed by atoms with E-state index in [1.165, 1.54) is 0 Å². The van der Waals surface area contributed by atoms with Gasteiger partial charge in [-0.3, -0.25) is 4.79 Å². The van der Waals surface area contributed by atoms with Crippen LogP contribution in [0.1, 0.15) is 19.8 Å². The maximum atomic E-state index is 10.8. The van der Waals surface area contributed by atoms with Gasteiger partial charge in [0.05, 0.1) is 0 Å². The van der Waals surface area contributed by atoms with Crippen LogP contribution in [0.4, 0.5) is 0 Å². The summed E-state index contributed by atoms with van der Waals surface area (Å²) in [5.74, 6) is 0.0694. The van der Waals surface area contributed by atoms with Crippen molar-refractivity contribution < 1.29 is 9.53 Å². The van der Waals surface area contributed by atoms with Crippen molar-refractivity contribution in [3.63, 3.8) is 0 Å². The topological polar surface area (TPSA) is 26.3 Å². The molecule has 0 bridgehead atoms. The predicted molar refractivity (Wildman–Crippen MR) is 37.5 cm³/mol. The number of carbonyl (C=O) groups excluding carboxylic acids is 1. The number of alkyl halides is 1. The Morgan fingerprint density at radius 2 is 2.44 bits per heavy atom. The molecule has 1 aliphatic heterocycles. The van der Waals surface area contributed by atoms with Crippen molar-refractivity contribution in [3.8, 4) is 0 Å². The number of ether oxygens (including phenoxy) is 1. The number of ketones is 1. The largest absolute Gasteiger partial charge is 0.356 e. The van der Waals surface area contributed by atoms with Crippen LogP contribution < -0.4 is 0 Å². The molecule has 1 aliphatic rings. The SMILES string of the molecule is CC(=O)[C@]1(Br)CCCO1. The Labute approximate surface area is 62.7 Å². The van der Waals surface area contributed by atoms with Crippen LogP contribution in [0.3, 0.4) is 0 Å². The first-order valence-corrected chi connectivity index (χ1v) is 3.78. The van der Waals surface area contributed by atoms with Gasteiger partial charge in [0.25, 0.3) is 0 Å². The average molecular weight is 193 g/mol. The fourth-order valence-corrected chi connectivity index (χ4v) is 1.33. The molecule has 1 rings (SSSR count). The molecule has 52 valence electrons. The van der Waals surface area contributed by atoms with Crippen LogP contribution in [0.25, 0.3) is 0 Å². The van der Waals surface area contributed by atoms with Crippen LogP contribution in [0.5, 0.6) is 0 Å². The number of hydrogen-bond donors (Lipinski definition) is 0. The summed E-state index contributed by atoms with van der Waals surface area (Å²) in [4.78, 5) is 10.8. The molecule has 1 saturated heterocycles. The maximum absolute atomic E-state index is 10.8. The lowest BCUT2D eigenvalue weighted by atomic mass is 10.2. The van der Waals surface area contributed by atoms with E-state index in [0.29, 0.717) is 6.61 Å². The van der Waals surface area contributed by atoms with Gasteiger partial charge in [-0.15, -0.1) is 0 Å². The Balaban J connectivity index is 2.61. The monoisotopic (exact) mass is 192 g/mol. The third-order valence-electron chi connectivity index (χ3n) is 1.50. The second-order valence-electron chi connectivity index (χ2n) is 2.24. The minimum Gasteiger partial charge on any atom is -0.356 e. The first-order valence-electron chi connectivity index (χ1n) is 2.99. The minimum atomic E-state index is -0.632. The van der Waals surface area contributed by atoms with E-state index in [9.17, 15) is 4.79 Å². The van der Waals surface area contributed by atoms with Crippen molar-refractivity contribution in [1.82, 2.24) is 0 Å². The number of halogens is 1. The Morgan fingerprint density at radius 3 is 2.67 bits per heavy atom. The molecule has 1 fully saturated rings. The van der Waals surface area contributed by atoms with Crippen molar-refractivity contribution in [2.24, 2.45) is 0 Å². The zero-order chi connectivity index (χ0) is 6.91. The molecule has 9 heavy (non-hydrogen) atoms. The fourth-order valence-electron chi connectivity index (χ4n) is 0.883. The summed E-state index contributed by atoms with van der Waals surface area (Å²) in [5.41, 5.74) is 0. The van der Waals surface area contributed by atoms with E-state index in [-0.39, 0.29) is 5.78 Å². The molecule has 1 atom stereocenters. The first-order chi connectivity index (χ1) is 4.15. The highest BCUT2D eigenvalue weighted by molar-refractivity contribution is 9.10. The summed E-state index contributed by atoms with van der Waals surface area (Å²) in [6.45, 7) is 2.24. The van der Waals surface area contributed by atoms with Crippen molar-refractivity contribution in [2.75, 3.05) is 6.61 Å². The molecule has 0 amide bonds. The van der Waals surface area contributed by atoms with Gasteiger partial charge in [-0.25, -0.2) is 0 Å². The summed E-state index contributed by atoms with van der Waals surface area (Å²) in [7, 11) is 0. The molecule has 0 saturated carbocycles. The van der Waals surface area contributed by atoms with Gasteiger partial charge >= 0.3 is 0 Å². The molecule has 0 aromatic heterocycles. The van der Waals surface area contributed by atoms with Gasteiger partial charge in [-0.2, -0.15) is 0 Å². The molecule has 0 N–H and O–H groups in total. The molecule has 0 aliphatic carbocycles. The van der Waals surface area contributed by atoms with Crippen LogP contribution >= 0.6 is 15.9 Å². The van der Waals surface area contributed by atoms with Gasteiger partial charge in [0, 0.05) is 6.61 Å². The third-order valence-corrected chi connectivity index (χ3v) is 2.68. The van der Waals surface area contributed by atoms with Crippen molar-refractivity contribution in [1.29, 1.82) is 0 Å². The molecule has 0 aromatic rings. The molecule has 0 aromatic carbocycles. The zero-order valence-corrected chi connectivity index (χ0v) is 6.90. The van der Waals surface area contributed by atoms with Crippen molar-refractivity contribution >= 4 is 21.7 Å². The Morgan fingerprint density at radius 1 is 1.78 bits per heavy atom. The zero-order valence-electron chi connectivity index (χ0n) is 5.32. The van der Waals surface area contributed by atoms with Crippen LogP contribution in [0.2, 0.25) is 0 Å². The quantitative estimate of drug-likeness (QED) is 0.589. The van der Waals surface area contributed by atoms with E-state index >= 15 is 0 Å². The van der Waals surface area contributed by atoms with Gasteiger partial charge < -0.3 is 4.74 Å². The number of hydrogen-bond acceptors (Lipinski definition) is 2. The highest BCUT2D eigenvalue weighted by atomic mass is 79.9. The molecule has 0 radical (unpaired) electrons. The number of Topliss-reactive ketones (excluding diaryl/α,β-unsaturated/α-hetero) is 1. The Bertz CT molecular complexity index is 127. The summed E-state index contributed by atoms with van der Waals surface area (Å²) < 4.78 is 4.54. The van der Waals surface area contributed by atoms with Gasteiger partial charge in [-0.1, -0.05) is 0 Å². The lowest BCUT2D eigenvalue weighted by molar-refractivity contribution is -0.127. The highest BCUT2D eigenvalue weighted by Crippen LogP contribution is 2.32. The van der Waals surface area contributed by atoms with Crippen molar-refractivity contribution in [3.05, 3.63) is 0 Å². The summed E-state index contributed by atoms with van der Waals surface area (Å²) in [6.07, 6.45) is 1.78. The second kappa shape index (κ2) is 2.39. The molecule has 2 nitrogen and oxygen atoms in total. The lowest BCUT2D eigenvalue weighted by Crippen LogP contribution is -2.27. The Hall–Kier alpha value is 0.110. The van der Waals surface area contributed by atoms with E-state index in [0.717, 1.165) is 12.8 Å². The second-order valence-corrected chi connectivity index (χ2v) is 3.52. The van der Waals surface area contributed by atoms with Crippen LogP contribution in [-0.2, 0) is 9.53 Å². The average Bonchev–Trinajstić information content (AvgIpc) is 2.16. The number of rotatable bonds is 1. The first kappa shape index (κ1) is 7.22. The van der Waals surface area contributed by atoms with Gasteiger partial charge in [-0.05, 0) is 35.7 Å². The van der Waals surface area contributed by atoms with Crippen LogP contribution in [0, 0.1) is 0 Å². The molecule has 3 heteroatoms. The van der Waals surface area contributed by atoms with E-state index in [1.807, 2.05) is 0 Å². The highest BCUT2D eigenvalue weighted by Gasteiger charge is 2.36. The third kappa shape index (κ3) is 1.33. The van der Waals surface area contributed by atoms with Gasteiger partial charge in [0.15, 0.2) is 10.3 Å². The van der Waals surface area contributed by atoms with Gasteiger partial charge in [0.2, 0.25) is 0 Å². The summed E-state index contributed by atoms with van der Waals surface area (Å²) in [5, 5.41) is 0. The van der Waals surface area contributed by atoms with Crippen LogP contribution in [0.15, 0.2) is 0 Å². The van der Waals surface area contributed by atoms with Gasteiger partial charge in [0.1, 0.15) is 0 Å². The number of carbonyl (C=O) groups is 1. The summed E-state index contributed by atoms with van der Waals surface area (Å²) >= 11 is 3.24. The molecule has 0 unspecified atom stereocenters. The minimum absolute atomic E-state index is 0.0694.